The van der Waals surface area contributed by atoms with Gasteiger partial charge in [-0.05, 0) is 26.0 Å². The van der Waals surface area contributed by atoms with Crippen LogP contribution in [-0.4, -0.2) is 16.9 Å². The molecule has 0 aromatic heterocycles. The van der Waals surface area contributed by atoms with E-state index in [0.29, 0.717) is 0 Å². The van der Waals surface area contributed by atoms with Crippen LogP contribution in [0.2, 0.25) is 0 Å². The predicted octanol–water partition coefficient (Wildman–Crippen LogP) is 1.93. The predicted molar refractivity (Wildman–Crippen MR) is 53.5 cm³/mol. The van der Waals surface area contributed by atoms with Gasteiger partial charge in [-0.3, -0.25) is 4.79 Å². The second kappa shape index (κ2) is 4.59. The van der Waals surface area contributed by atoms with E-state index in [1.807, 2.05) is 0 Å². The van der Waals surface area contributed by atoms with Crippen LogP contribution in [0, 0.1) is 6.61 Å². The van der Waals surface area contributed by atoms with Crippen LogP contribution in [0.1, 0.15) is 34.6 Å². The van der Waals surface area contributed by atoms with Crippen molar-refractivity contribution in [2.75, 3.05) is 0 Å². The Hall–Kier alpha value is -1.84. The molecule has 4 heteroatoms. The molecule has 1 N–H and O–H groups in total. The first-order valence-corrected chi connectivity index (χ1v) is 4.39. The number of ether oxygens (including phenoxy) is 1. The lowest BCUT2D eigenvalue weighted by molar-refractivity contribution is 0.0609. The average Bonchev–Trinajstić information content (AvgIpc) is 2.17. The summed E-state index contributed by atoms with van der Waals surface area (Å²) in [6.07, 6.45) is 0. The quantitative estimate of drug-likeness (QED) is 0.607. The van der Waals surface area contributed by atoms with Crippen molar-refractivity contribution in [3.05, 3.63) is 35.9 Å². The number of hydrogen-bond donors (Lipinski definition) is 1. The summed E-state index contributed by atoms with van der Waals surface area (Å²) in [5.41, 5.74) is 0.0985. The summed E-state index contributed by atoms with van der Waals surface area (Å²) in [6.45, 7) is 4.07. The van der Waals surface area contributed by atoms with E-state index in [1.54, 1.807) is 6.92 Å². The molecular formula is C11H11O4. The first-order chi connectivity index (χ1) is 7.07. The molecule has 1 rings (SSSR count). The number of carbonyl (C=O) groups excluding carboxylic acids is 2. The number of rotatable bonds is 3. The lowest BCUT2D eigenvalue weighted by Crippen LogP contribution is -2.05. The normalized spacial score (nSPS) is 9.73. The van der Waals surface area contributed by atoms with E-state index in [-0.39, 0.29) is 22.7 Å². The van der Waals surface area contributed by atoms with Crippen LogP contribution in [0.15, 0.2) is 18.2 Å². The number of benzene rings is 1. The number of ketones is 1. The molecule has 0 aliphatic heterocycles. The summed E-state index contributed by atoms with van der Waals surface area (Å²) in [6, 6.07) is 4.36. The summed E-state index contributed by atoms with van der Waals surface area (Å²) in [4.78, 5) is 22.4. The van der Waals surface area contributed by atoms with Crippen molar-refractivity contribution < 1.29 is 19.4 Å². The Morgan fingerprint density at radius 2 is 1.93 bits per heavy atom. The zero-order valence-electron chi connectivity index (χ0n) is 8.48. The zero-order chi connectivity index (χ0) is 11.4. The maximum atomic E-state index is 11.3. The number of esters is 1. The van der Waals surface area contributed by atoms with Crippen molar-refractivity contribution in [1.82, 2.24) is 0 Å². The number of para-hydroxylation sites is 1. The highest BCUT2D eigenvalue weighted by atomic mass is 16.5. The third-order valence-corrected chi connectivity index (χ3v) is 1.86. The smallest absolute Gasteiger partial charge is 0.342 e. The Bertz CT molecular complexity index is 396. The van der Waals surface area contributed by atoms with Crippen LogP contribution in [0.25, 0.3) is 0 Å². The van der Waals surface area contributed by atoms with E-state index in [0.717, 1.165) is 0 Å². The van der Waals surface area contributed by atoms with Gasteiger partial charge in [0, 0.05) is 0 Å². The van der Waals surface area contributed by atoms with Crippen molar-refractivity contribution in [1.29, 1.82) is 0 Å². The SMILES string of the molecule is C[CH]OC(=O)c1cccc(C(C)=O)c1O. The highest BCUT2D eigenvalue weighted by Gasteiger charge is 2.16. The Balaban J connectivity index is 3.15. The summed E-state index contributed by atoms with van der Waals surface area (Å²) >= 11 is 0. The van der Waals surface area contributed by atoms with Crippen LogP contribution in [0.4, 0.5) is 0 Å². The fraction of sp³-hybridized carbons (Fsp3) is 0.182. The zero-order valence-corrected chi connectivity index (χ0v) is 8.48. The Labute approximate surface area is 87.5 Å². The third kappa shape index (κ3) is 2.34. The molecule has 0 unspecified atom stereocenters. The number of hydrogen-bond acceptors (Lipinski definition) is 4. The molecule has 0 aliphatic carbocycles. The molecule has 0 saturated carbocycles. The summed E-state index contributed by atoms with van der Waals surface area (Å²) in [5.74, 6) is -1.32. The maximum absolute atomic E-state index is 11.3. The minimum Gasteiger partial charge on any atom is -0.506 e. The largest absolute Gasteiger partial charge is 0.506 e. The monoisotopic (exact) mass is 207 g/mol. The van der Waals surface area contributed by atoms with Crippen molar-refractivity contribution >= 4 is 11.8 Å². The molecule has 15 heavy (non-hydrogen) atoms. The minimum absolute atomic E-state index is 0.0131. The topological polar surface area (TPSA) is 63.6 Å². The van der Waals surface area contributed by atoms with Gasteiger partial charge in [-0.2, -0.15) is 0 Å². The van der Waals surface area contributed by atoms with Crippen LogP contribution in [0.5, 0.6) is 5.75 Å². The van der Waals surface area contributed by atoms with E-state index in [2.05, 4.69) is 4.74 Å². The van der Waals surface area contributed by atoms with Crippen LogP contribution < -0.4 is 0 Å². The van der Waals surface area contributed by atoms with Crippen molar-refractivity contribution in [3.63, 3.8) is 0 Å². The lowest BCUT2D eigenvalue weighted by atomic mass is 10.1. The molecule has 1 radical (unpaired) electrons. The van der Waals surface area contributed by atoms with Gasteiger partial charge in [0.15, 0.2) is 5.78 Å². The molecule has 1 aromatic rings. The minimum atomic E-state index is -0.682. The van der Waals surface area contributed by atoms with Gasteiger partial charge in [-0.15, -0.1) is 0 Å². The van der Waals surface area contributed by atoms with E-state index in [1.165, 1.54) is 31.7 Å². The lowest BCUT2D eigenvalue weighted by Gasteiger charge is -2.06. The molecule has 0 amide bonds. The van der Waals surface area contributed by atoms with Gasteiger partial charge in [-0.25, -0.2) is 4.79 Å². The molecule has 0 saturated heterocycles. The Kier molecular flexibility index (Phi) is 3.44. The van der Waals surface area contributed by atoms with Crippen molar-refractivity contribution in [2.45, 2.75) is 13.8 Å². The summed E-state index contributed by atoms with van der Waals surface area (Å²) in [7, 11) is 0. The first kappa shape index (κ1) is 11.2. The molecule has 0 aliphatic rings. The van der Waals surface area contributed by atoms with Gasteiger partial charge >= 0.3 is 5.97 Å². The fourth-order valence-electron chi connectivity index (χ4n) is 1.16. The molecule has 79 valence electrons. The number of phenols is 1. The second-order valence-electron chi connectivity index (χ2n) is 2.90. The van der Waals surface area contributed by atoms with Crippen LogP contribution in [-0.2, 0) is 4.74 Å². The number of aromatic hydroxyl groups is 1. The molecule has 1 aromatic carbocycles. The highest BCUT2D eigenvalue weighted by molar-refractivity contribution is 6.02. The van der Waals surface area contributed by atoms with Crippen molar-refractivity contribution in [3.8, 4) is 5.75 Å². The van der Waals surface area contributed by atoms with E-state index in [9.17, 15) is 14.7 Å². The van der Waals surface area contributed by atoms with Gasteiger partial charge in [0.05, 0.1) is 5.56 Å². The first-order valence-electron chi connectivity index (χ1n) is 4.39. The van der Waals surface area contributed by atoms with Gasteiger partial charge in [0.25, 0.3) is 0 Å². The summed E-state index contributed by atoms with van der Waals surface area (Å²) < 4.78 is 4.61. The Morgan fingerprint density at radius 3 is 2.47 bits per heavy atom. The van der Waals surface area contributed by atoms with E-state index < -0.39 is 5.97 Å². The molecule has 0 fully saturated rings. The molecule has 0 spiro atoms. The number of carbonyl (C=O) groups is 2. The standard InChI is InChI=1S/C11H11O4/c1-3-15-11(14)9-6-4-5-8(7(2)12)10(9)13/h3-6,13H,1-2H3. The maximum Gasteiger partial charge on any atom is 0.342 e. The number of phenolic OH excluding ortho intramolecular Hbond substituents is 1. The third-order valence-electron chi connectivity index (χ3n) is 1.86. The van der Waals surface area contributed by atoms with Gasteiger partial charge in [0.1, 0.15) is 17.9 Å². The fourth-order valence-corrected chi connectivity index (χ4v) is 1.16. The molecule has 4 nitrogen and oxygen atoms in total. The summed E-state index contributed by atoms with van der Waals surface area (Å²) in [5, 5.41) is 9.62. The molecular weight excluding hydrogens is 196 g/mol. The molecule has 0 atom stereocenters. The van der Waals surface area contributed by atoms with Crippen LogP contribution in [0.3, 0.4) is 0 Å². The Morgan fingerprint density at radius 1 is 1.33 bits per heavy atom. The number of Topliss-reactive ketones (excluding diaryl/α,β-unsaturated/α-hetero) is 1. The van der Waals surface area contributed by atoms with Gasteiger partial charge in [-0.1, -0.05) is 6.07 Å². The van der Waals surface area contributed by atoms with E-state index in [4.69, 9.17) is 0 Å². The molecule has 0 bridgehead atoms. The van der Waals surface area contributed by atoms with Gasteiger partial charge in [0.2, 0.25) is 0 Å². The highest BCUT2D eigenvalue weighted by Crippen LogP contribution is 2.23. The van der Waals surface area contributed by atoms with E-state index >= 15 is 0 Å². The van der Waals surface area contributed by atoms with Crippen molar-refractivity contribution in [2.24, 2.45) is 0 Å². The van der Waals surface area contributed by atoms with Crippen LogP contribution >= 0.6 is 0 Å². The van der Waals surface area contributed by atoms with Gasteiger partial charge < -0.3 is 9.84 Å². The average molecular weight is 207 g/mol. The molecule has 0 heterocycles. The second-order valence-corrected chi connectivity index (χ2v) is 2.90.